The quantitative estimate of drug-likeness (QED) is 0.713. The summed E-state index contributed by atoms with van der Waals surface area (Å²) in [6, 6.07) is 11.0. The fourth-order valence-corrected chi connectivity index (χ4v) is 2.59. The lowest BCUT2D eigenvalue weighted by molar-refractivity contribution is 0.0993. The Morgan fingerprint density at radius 3 is 2.57 bits per heavy atom. The molecule has 0 N–H and O–H groups in total. The van der Waals surface area contributed by atoms with Crippen molar-refractivity contribution in [2.45, 2.75) is 20.3 Å². The maximum absolute atomic E-state index is 12.4. The van der Waals surface area contributed by atoms with Crippen molar-refractivity contribution in [1.29, 1.82) is 0 Å². The zero-order valence-electron chi connectivity index (χ0n) is 12.0. The van der Waals surface area contributed by atoms with Crippen LogP contribution in [0.3, 0.4) is 0 Å². The molecule has 0 bridgehead atoms. The highest BCUT2D eigenvalue weighted by Crippen LogP contribution is 2.32. The van der Waals surface area contributed by atoms with E-state index in [0.717, 1.165) is 11.1 Å². The highest BCUT2D eigenvalue weighted by molar-refractivity contribution is 6.36. The molecule has 0 saturated carbocycles. The highest BCUT2D eigenvalue weighted by atomic mass is 35.5. The summed E-state index contributed by atoms with van der Waals surface area (Å²) in [5, 5.41) is 0.759. The zero-order chi connectivity index (χ0) is 15.4. The Labute approximate surface area is 134 Å². The van der Waals surface area contributed by atoms with Crippen LogP contribution in [-0.2, 0) is 6.42 Å². The molecule has 2 aromatic carbocycles. The van der Waals surface area contributed by atoms with Crippen LogP contribution in [0.15, 0.2) is 36.4 Å². The van der Waals surface area contributed by atoms with Crippen molar-refractivity contribution in [2.75, 3.05) is 6.61 Å². The summed E-state index contributed by atoms with van der Waals surface area (Å²) in [5.41, 5.74) is 2.50. The van der Waals surface area contributed by atoms with Gasteiger partial charge in [-0.1, -0.05) is 53.0 Å². The van der Waals surface area contributed by atoms with Gasteiger partial charge in [0.15, 0.2) is 5.78 Å². The Bertz CT molecular complexity index is 666. The van der Waals surface area contributed by atoms with Gasteiger partial charge in [0.2, 0.25) is 0 Å². The molecule has 0 radical (unpaired) electrons. The van der Waals surface area contributed by atoms with Crippen molar-refractivity contribution in [3.63, 3.8) is 0 Å². The number of ketones is 1. The first-order chi connectivity index (χ1) is 10.0. The predicted molar refractivity (Wildman–Crippen MR) is 86.8 cm³/mol. The molecule has 0 aromatic heterocycles. The van der Waals surface area contributed by atoms with Crippen molar-refractivity contribution in [2.24, 2.45) is 0 Å². The second-order valence-corrected chi connectivity index (χ2v) is 5.60. The lowest BCUT2D eigenvalue weighted by atomic mass is 10.0. The normalized spacial score (nSPS) is 10.5. The van der Waals surface area contributed by atoms with Crippen LogP contribution in [0, 0.1) is 6.92 Å². The summed E-state index contributed by atoms with van der Waals surface area (Å²) in [5.74, 6) is 0.437. The van der Waals surface area contributed by atoms with Gasteiger partial charge in [0.25, 0.3) is 0 Å². The van der Waals surface area contributed by atoms with Gasteiger partial charge in [-0.3, -0.25) is 4.79 Å². The van der Waals surface area contributed by atoms with Gasteiger partial charge >= 0.3 is 0 Å². The van der Waals surface area contributed by atoms with E-state index in [1.807, 2.05) is 38.1 Å². The van der Waals surface area contributed by atoms with E-state index in [2.05, 4.69) is 0 Å². The van der Waals surface area contributed by atoms with E-state index in [9.17, 15) is 4.79 Å². The zero-order valence-corrected chi connectivity index (χ0v) is 13.5. The SMILES string of the molecule is CCOc1cc(Cl)c(C(=O)Cc2cccc(C)c2)cc1Cl. The van der Waals surface area contributed by atoms with E-state index >= 15 is 0 Å². The van der Waals surface area contributed by atoms with Crippen molar-refractivity contribution in [1.82, 2.24) is 0 Å². The minimum Gasteiger partial charge on any atom is -0.492 e. The van der Waals surface area contributed by atoms with Crippen LogP contribution >= 0.6 is 23.2 Å². The third-order valence-electron chi connectivity index (χ3n) is 3.07. The molecule has 2 aromatic rings. The van der Waals surface area contributed by atoms with E-state index in [-0.39, 0.29) is 5.78 Å². The number of hydrogen-bond acceptors (Lipinski definition) is 2. The van der Waals surface area contributed by atoms with Crippen LogP contribution < -0.4 is 4.74 Å². The topological polar surface area (TPSA) is 26.3 Å². The van der Waals surface area contributed by atoms with Crippen LogP contribution in [0.1, 0.15) is 28.4 Å². The molecule has 0 heterocycles. The molecular weight excluding hydrogens is 307 g/mol. The van der Waals surface area contributed by atoms with E-state index < -0.39 is 0 Å². The summed E-state index contributed by atoms with van der Waals surface area (Å²) in [6.45, 7) is 4.35. The summed E-state index contributed by atoms with van der Waals surface area (Å²) < 4.78 is 5.36. The maximum atomic E-state index is 12.4. The van der Waals surface area contributed by atoms with E-state index in [1.165, 1.54) is 0 Å². The van der Waals surface area contributed by atoms with Crippen molar-refractivity contribution < 1.29 is 9.53 Å². The highest BCUT2D eigenvalue weighted by Gasteiger charge is 2.15. The fraction of sp³-hybridized carbons (Fsp3) is 0.235. The molecule has 0 saturated heterocycles. The molecule has 0 unspecified atom stereocenters. The molecule has 110 valence electrons. The minimum absolute atomic E-state index is 0.0597. The molecule has 0 fully saturated rings. The number of aryl methyl sites for hydroxylation is 1. The average Bonchev–Trinajstić information content (AvgIpc) is 2.42. The number of carbonyl (C=O) groups excluding carboxylic acids is 1. The van der Waals surface area contributed by atoms with Crippen molar-refractivity contribution >= 4 is 29.0 Å². The summed E-state index contributed by atoms with van der Waals surface area (Å²) in [6.07, 6.45) is 0.297. The first-order valence-electron chi connectivity index (χ1n) is 6.72. The second kappa shape index (κ2) is 6.97. The van der Waals surface area contributed by atoms with Gasteiger partial charge in [0.05, 0.1) is 16.7 Å². The van der Waals surface area contributed by atoms with Crippen LogP contribution in [0.2, 0.25) is 10.0 Å². The average molecular weight is 323 g/mol. The Morgan fingerprint density at radius 2 is 1.90 bits per heavy atom. The maximum Gasteiger partial charge on any atom is 0.168 e. The lowest BCUT2D eigenvalue weighted by Gasteiger charge is -2.10. The van der Waals surface area contributed by atoms with Crippen molar-refractivity contribution in [3.8, 4) is 5.75 Å². The summed E-state index contributed by atoms with van der Waals surface area (Å²) in [7, 11) is 0. The van der Waals surface area contributed by atoms with Gasteiger partial charge in [0, 0.05) is 18.1 Å². The minimum atomic E-state index is -0.0597. The standard InChI is InChI=1S/C17H16Cl2O2/c1-3-21-17-10-14(18)13(9-15(17)19)16(20)8-12-6-4-5-11(2)7-12/h4-7,9-10H,3,8H2,1-2H3. The van der Waals surface area contributed by atoms with E-state index in [4.69, 9.17) is 27.9 Å². The summed E-state index contributed by atoms with van der Waals surface area (Å²) in [4.78, 5) is 12.4. The van der Waals surface area contributed by atoms with E-state index in [0.29, 0.717) is 34.4 Å². The Morgan fingerprint density at radius 1 is 1.14 bits per heavy atom. The van der Waals surface area contributed by atoms with E-state index in [1.54, 1.807) is 12.1 Å². The first-order valence-corrected chi connectivity index (χ1v) is 7.47. The molecule has 0 spiro atoms. The number of Topliss-reactive ketones (excluding diaryl/α,β-unsaturated/α-hetero) is 1. The largest absolute Gasteiger partial charge is 0.492 e. The Balaban J connectivity index is 2.25. The van der Waals surface area contributed by atoms with Crippen LogP contribution in [0.25, 0.3) is 0 Å². The molecule has 0 atom stereocenters. The van der Waals surface area contributed by atoms with Crippen molar-refractivity contribution in [3.05, 3.63) is 63.1 Å². The molecular formula is C17H16Cl2O2. The molecule has 21 heavy (non-hydrogen) atoms. The second-order valence-electron chi connectivity index (χ2n) is 4.78. The van der Waals surface area contributed by atoms with Gasteiger partial charge in [-0.05, 0) is 25.5 Å². The fourth-order valence-electron chi connectivity index (χ4n) is 2.11. The number of benzene rings is 2. The van der Waals surface area contributed by atoms with Crippen LogP contribution in [0.4, 0.5) is 0 Å². The Kier molecular flexibility index (Phi) is 5.27. The van der Waals surface area contributed by atoms with Crippen LogP contribution in [-0.4, -0.2) is 12.4 Å². The third kappa shape index (κ3) is 3.99. The lowest BCUT2D eigenvalue weighted by Crippen LogP contribution is -2.05. The molecule has 0 aliphatic heterocycles. The smallest absolute Gasteiger partial charge is 0.168 e. The van der Waals surface area contributed by atoms with Gasteiger partial charge in [-0.25, -0.2) is 0 Å². The molecule has 0 aliphatic carbocycles. The molecule has 0 amide bonds. The molecule has 2 rings (SSSR count). The first kappa shape index (κ1) is 15.9. The third-order valence-corrected chi connectivity index (χ3v) is 3.68. The molecule has 4 heteroatoms. The number of ether oxygens (including phenoxy) is 1. The number of carbonyl (C=O) groups is 1. The molecule has 0 aliphatic rings. The van der Waals surface area contributed by atoms with Crippen LogP contribution in [0.5, 0.6) is 5.75 Å². The number of rotatable bonds is 5. The van der Waals surface area contributed by atoms with Gasteiger partial charge in [0.1, 0.15) is 5.75 Å². The van der Waals surface area contributed by atoms with Gasteiger partial charge in [-0.15, -0.1) is 0 Å². The number of hydrogen-bond donors (Lipinski definition) is 0. The van der Waals surface area contributed by atoms with Gasteiger partial charge < -0.3 is 4.74 Å². The number of halogens is 2. The Hall–Kier alpha value is -1.51. The monoisotopic (exact) mass is 322 g/mol. The molecule has 2 nitrogen and oxygen atoms in total. The summed E-state index contributed by atoms with van der Waals surface area (Å²) >= 11 is 12.3. The predicted octanol–water partition coefficient (Wildman–Crippen LogP) is 5.13. The van der Waals surface area contributed by atoms with Gasteiger partial charge in [-0.2, -0.15) is 0 Å².